The minimum Gasteiger partial charge on any atom is -0.309 e. The van der Waals surface area contributed by atoms with Crippen molar-refractivity contribution in [3.63, 3.8) is 0 Å². The molecule has 44 heavy (non-hydrogen) atoms. The van der Waals surface area contributed by atoms with Crippen LogP contribution in [0.2, 0.25) is 0 Å². The summed E-state index contributed by atoms with van der Waals surface area (Å²) in [5.41, 5.74) is 10.2. The molecule has 0 saturated carbocycles. The molecule has 0 fully saturated rings. The molecular weight excluding hydrogens is 534 g/mol. The second-order valence-electron chi connectivity index (χ2n) is 11.2. The van der Waals surface area contributed by atoms with Gasteiger partial charge < -0.3 is 4.57 Å². The molecule has 9 aromatic rings. The van der Waals surface area contributed by atoms with E-state index in [9.17, 15) is 0 Å². The Morgan fingerprint density at radius 3 is 1.32 bits per heavy atom. The highest BCUT2D eigenvalue weighted by molar-refractivity contribution is 6.10. The van der Waals surface area contributed by atoms with Gasteiger partial charge in [0.1, 0.15) is 5.82 Å². The summed E-state index contributed by atoms with van der Waals surface area (Å²) >= 11 is 0. The number of hydrogen-bond donors (Lipinski definition) is 0. The molecule has 0 aliphatic rings. The van der Waals surface area contributed by atoms with Gasteiger partial charge in [0, 0.05) is 38.4 Å². The summed E-state index contributed by atoms with van der Waals surface area (Å²) in [7, 11) is 0. The van der Waals surface area contributed by atoms with E-state index in [4.69, 9.17) is 4.98 Å². The highest BCUT2D eigenvalue weighted by Crippen LogP contribution is 2.37. The van der Waals surface area contributed by atoms with Gasteiger partial charge in [-0.2, -0.15) is 0 Å². The molecule has 0 spiro atoms. The zero-order valence-corrected chi connectivity index (χ0v) is 23.9. The first-order valence-electron chi connectivity index (χ1n) is 15.0. The smallest absolute Gasteiger partial charge is 0.138 e. The van der Waals surface area contributed by atoms with Crippen molar-refractivity contribution in [3.05, 3.63) is 164 Å². The number of hydrogen-bond acceptors (Lipinski definition) is 1. The van der Waals surface area contributed by atoms with Crippen LogP contribution in [0, 0.1) is 0 Å². The third-order valence-corrected chi connectivity index (χ3v) is 8.75. The first kappa shape index (κ1) is 24.6. The zero-order valence-electron chi connectivity index (χ0n) is 23.9. The van der Waals surface area contributed by atoms with E-state index in [0.29, 0.717) is 0 Å². The molecule has 6 aromatic carbocycles. The predicted octanol–water partition coefficient (Wildman–Crippen LogP) is 10.6. The lowest BCUT2D eigenvalue weighted by atomic mass is 9.99. The second-order valence-corrected chi connectivity index (χ2v) is 11.2. The number of pyridine rings is 1. The normalized spacial score (nSPS) is 11.6. The third-order valence-electron chi connectivity index (χ3n) is 8.75. The van der Waals surface area contributed by atoms with E-state index in [-0.39, 0.29) is 0 Å². The van der Waals surface area contributed by atoms with Gasteiger partial charge in [0.05, 0.1) is 27.8 Å². The molecule has 3 heterocycles. The Labute approximate surface area is 254 Å². The second kappa shape index (κ2) is 9.82. The Bertz CT molecular complexity index is 2370. The molecule has 0 aliphatic heterocycles. The van der Waals surface area contributed by atoms with E-state index < -0.39 is 0 Å². The van der Waals surface area contributed by atoms with E-state index in [1.54, 1.807) is 0 Å². The van der Waals surface area contributed by atoms with Crippen LogP contribution in [0.4, 0.5) is 0 Å². The third kappa shape index (κ3) is 3.73. The average molecular weight is 562 g/mol. The lowest BCUT2D eigenvalue weighted by molar-refractivity contribution is 1.08. The Balaban J connectivity index is 1.22. The van der Waals surface area contributed by atoms with Crippen molar-refractivity contribution >= 4 is 43.6 Å². The molecule has 0 amide bonds. The fraction of sp³-hybridized carbons (Fsp3) is 0. The predicted molar refractivity (Wildman–Crippen MR) is 184 cm³/mol. The molecule has 206 valence electrons. The van der Waals surface area contributed by atoms with Gasteiger partial charge in [0.15, 0.2) is 0 Å². The monoisotopic (exact) mass is 561 g/mol. The summed E-state index contributed by atoms with van der Waals surface area (Å²) in [6.45, 7) is 0. The van der Waals surface area contributed by atoms with Crippen LogP contribution in [-0.4, -0.2) is 14.1 Å². The molecule has 9 rings (SSSR count). The van der Waals surface area contributed by atoms with Crippen molar-refractivity contribution in [3.8, 4) is 33.9 Å². The zero-order chi connectivity index (χ0) is 29.0. The van der Waals surface area contributed by atoms with Crippen LogP contribution >= 0.6 is 0 Å². The van der Waals surface area contributed by atoms with Crippen molar-refractivity contribution < 1.29 is 0 Å². The fourth-order valence-electron chi connectivity index (χ4n) is 6.78. The van der Waals surface area contributed by atoms with Crippen molar-refractivity contribution in [1.29, 1.82) is 0 Å². The number of fused-ring (bicyclic) bond motifs is 6. The molecule has 0 bridgehead atoms. The van der Waals surface area contributed by atoms with Crippen LogP contribution in [0.1, 0.15) is 0 Å². The first-order chi connectivity index (χ1) is 21.8. The van der Waals surface area contributed by atoms with E-state index in [1.807, 2.05) is 0 Å². The standard InChI is InChI=1S/C41H27N3/c1-2-12-29(13-3-1)41-31(26-27-40(42-41)44-38-20-10-6-16-34(38)35-17-7-11-21-39(35)44)28-22-24-30(25-23-28)43-36-18-8-4-14-32(36)33-15-5-9-19-37(33)43/h1-27H. The lowest BCUT2D eigenvalue weighted by Gasteiger charge is -2.15. The first-order valence-corrected chi connectivity index (χ1v) is 15.0. The lowest BCUT2D eigenvalue weighted by Crippen LogP contribution is -2.00. The Hall–Kier alpha value is -5.93. The van der Waals surface area contributed by atoms with Gasteiger partial charge >= 0.3 is 0 Å². The van der Waals surface area contributed by atoms with Crippen LogP contribution in [0.25, 0.3) is 77.5 Å². The van der Waals surface area contributed by atoms with Gasteiger partial charge in [0.2, 0.25) is 0 Å². The van der Waals surface area contributed by atoms with Crippen molar-refractivity contribution in [2.45, 2.75) is 0 Å². The quantitative estimate of drug-likeness (QED) is 0.210. The fourth-order valence-corrected chi connectivity index (χ4v) is 6.78. The summed E-state index contributed by atoms with van der Waals surface area (Å²) in [5, 5.41) is 5.00. The molecule has 0 atom stereocenters. The SMILES string of the molecule is c1ccc(-c2nc(-n3c4ccccc4c4ccccc43)ccc2-c2ccc(-n3c4ccccc4c4ccccc43)cc2)cc1. The van der Waals surface area contributed by atoms with Crippen molar-refractivity contribution in [2.75, 3.05) is 0 Å². The topological polar surface area (TPSA) is 22.8 Å². The van der Waals surface area contributed by atoms with Gasteiger partial charge in [-0.1, -0.05) is 115 Å². The molecular formula is C41H27N3. The number of rotatable bonds is 4. The van der Waals surface area contributed by atoms with Crippen molar-refractivity contribution in [2.24, 2.45) is 0 Å². The molecule has 0 aliphatic carbocycles. The summed E-state index contributed by atoms with van der Waals surface area (Å²) in [5.74, 6) is 0.909. The van der Waals surface area contributed by atoms with Crippen LogP contribution in [0.3, 0.4) is 0 Å². The highest BCUT2D eigenvalue weighted by Gasteiger charge is 2.17. The van der Waals surface area contributed by atoms with Gasteiger partial charge in [-0.3, -0.25) is 4.57 Å². The number of nitrogens with zero attached hydrogens (tertiary/aromatic N) is 3. The number of para-hydroxylation sites is 4. The average Bonchev–Trinajstić information content (AvgIpc) is 3.62. The maximum absolute atomic E-state index is 5.37. The number of aromatic nitrogens is 3. The minimum atomic E-state index is 0.909. The molecule has 0 N–H and O–H groups in total. The summed E-state index contributed by atoms with van der Waals surface area (Å²) < 4.78 is 4.64. The van der Waals surface area contributed by atoms with E-state index >= 15 is 0 Å². The van der Waals surface area contributed by atoms with Gasteiger partial charge in [-0.05, 0) is 54.1 Å². The maximum Gasteiger partial charge on any atom is 0.138 e. The Morgan fingerprint density at radius 2 is 0.795 bits per heavy atom. The van der Waals surface area contributed by atoms with Gasteiger partial charge in [0.25, 0.3) is 0 Å². The van der Waals surface area contributed by atoms with Crippen LogP contribution < -0.4 is 0 Å². The highest BCUT2D eigenvalue weighted by atomic mass is 15.1. The maximum atomic E-state index is 5.37. The van der Waals surface area contributed by atoms with E-state index in [0.717, 1.165) is 44.9 Å². The molecule has 0 unspecified atom stereocenters. The summed E-state index contributed by atoms with van der Waals surface area (Å²) in [4.78, 5) is 5.37. The Morgan fingerprint density at radius 1 is 0.341 bits per heavy atom. The van der Waals surface area contributed by atoms with Crippen LogP contribution in [-0.2, 0) is 0 Å². The van der Waals surface area contributed by atoms with Crippen LogP contribution in [0.15, 0.2) is 164 Å². The summed E-state index contributed by atoms with van der Waals surface area (Å²) in [6, 6.07) is 58.2. The molecule has 0 saturated heterocycles. The molecule has 3 heteroatoms. The van der Waals surface area contributed by atoms with Crippen LogP contribution in [0.5, 0.6) is 0 Å². The number of benzene rings is 6. The molecule has 3 nitrogen and oxygen atoms in total. The Kier molecular flexibility index (Phi) is 5.50. The van der Waals surface area contributed by atoms with Gasteiger partial charge in [-0.15, -0.1) is 0 Å². The molecule has 0 radical (unpaired) electrons. The van der Waals surface area contributed by atoms with Crippen molar-refractivity contribution in [1.82, 2.24) is 14.1 Å². The minimum absolute atomic E-state index is 0.909. The largest absolute Gasteiger partial charge is 0.309 e. The summed E-state index contributed by atoms with van der Waals surface area (Å²) in [6.07, 6.45) is 0. The van der Waals surface area contributed by atoms with E-state index in [2.05, 4.69) is 173 Å². The molecule has 3 aromatic heterocycles. The van der Waals surface area contributed by atoms with E-state index in [1.165, 1.54) is 32.6 Å². The van der Waals surface area contributed by atoms with Gasteiger partial charge in [-0.25, -0.2) is 4.98 Å².